The highest BCUT2D eigenvalue weighted by Crippen LogP contribution is 2.32. The minimum Gasteiger partial charge on any atom is -0.494 e. The summed E-state index contributed by atoms with van der Waals surface area (Å²) in [5.74, 6) is 0.376. The molecule has 0 unspecified atom stereocenters. The van der Waals surface area contributed by atoms with Crippen LogP contribution in [0.2, 0.25) is 0 Å². The average molecular weight is 392 g/mol. The summed E-state index contributed by atoms with van der Waals surface area (Å²) in [6.07, 6.45) is 1.08. The lowest BCUT2D eigenvalue weighted by atomic mass is 10.2. The molecule has 1 aliphatic heterocycles. The van der Waals surface area contributed by atoms with E-state index in [1.807, 2.05) is 31.2 Å². The van der Waals surface area contributed by atoms with Gasteiger partial charge < -0.3 is 14.8 Å². The minimum atomic E-state index is -0.604. The number of alkyl carbamates (subject to hydrolysis) is 1. The van der Waals surface area contributed by atoms with E-state index in [0.717, 1.165) is 28.0 Å². The van der Waals surface area contributed by atoms with Crippen LogP contribution in [0, 0.1) is 0 Å². The van der Waals surface area contributed by atoms with E-state index in [9.17, 15) is 14.4 Å². The number of carbonyl (C=O) groups excluding carboxylic acids is 3. The minimum absolute atomic E-state index is 0.0878. The highest BCUT2D eigenvalue weighted by molar-refractivity contribution is 8.18. The Morgan fingerprint density at radius 3 is 2.48 bits per heavy atom. The fourth-order valence-corrected chi connectivity index (χ4v) is 3.12. The number of hydrogen-bond donors (Lipinski definition) is 1. The monoisotopic (exact) mass is 392 g/mol. The third kappa shape index (κ3) is 6.32. The number of amides is 3. The molecule has 0 atom stereocenters. The third-order valence-corrected chi connectivity index (χ3v) is 4.27. The van der Waals surface area contributed by atoms with Gasteiger partial charge in [-0.25, -0.2) is 4.79 Å². The lowest BCUT2D eigenvalue weighted by Gasteiger charge is -2.20. The molecule has 1 saturated heterocycles. The van der Waals surface area contributed by atoms with Gasteiger partial charge in [-0.3, -0.25) is 14.5 Å². The quantitative estimate of drug-likeness (QED) is 0.744. The summed E-state index contributed by atoms with van der Waals surface area (Å²) >= 11 is 0.883. The maximum Gasteiger partial charge on any atom is 0.407 e. The lowest BCUT2D eigenvalue weighted by molar-refractivity contribution is -0.122. The van der Waals surface area contributed by atoms with Crippen LogP contribution >= 0.6 is 11.8 Å². The van der Waals surface area contributed by atoms with Gasteiger partial charge in [-0.15, -0.1) is 0 Å². The second kappa shape index (κ2) is 8.94. The lowest BCUT2D eigenvalue weighted by Crippen LogP contribution is -2.39. The number of imide groups is 1. The van der Waals surface area contributed by atoms with E-state index < -0.39 is 11.7 Å². The molecule has 1 aromatic rings. The van der Waals surface area contributed by atoms with Gasteiger partial charge in [0.25, 0.3) is 11.1 Å². The predicted octanol–water partition coefficient (Wildman–Crippen LogP) is 3.65. The number of thioether (sulfide) groups is 1. The first-order valence-corrected chi connectivity index (χ1v) is 9.46. The third-order valence-electron chi connectivity index (χ3n) is 3.37. The molecule has 27 heavy (non-hydrogen) atoms. The molecule has 8 heteroatoms. The van der Waals surface area contributed by atoms with Gasteiger partial charge in [0.2, 0.25) is 0 Å². The molecule has 0 aliphatic carbocycles. The van der Waals surface area contributed by atoms with Gasteiger partial charge in [-0.05, 0) is 63.2 Å². The number of rotatable bonds is 6. The van der Waals surface area contributed by atoms with Crippen LogP contribution in [0.4, 0.5) is 9.59 Å². The molecule has 0 spiro atoms. The highest BCUT2D eigenvalue weighted by Gasteiger charge is 2.34. The van der Waals surface area contributed by atoms with Crippen molar-refractivity contribution in [3.8, 4) is 5.75 Å². The number of nitrogens with zero attached hydrogens (tertiary/aromatic N) is 1. The predicted molar refractivity (Wildman–Crippen MR) is 105 cm³/mol. The number of carbonyl (C=O) groups is 3. The highest BCUT2D eigenvalue weighted by atomic mass is 32.2. The normalized spacial score (nSPS) is 16.0. The van der Waals surface area contributed by atoms with Crippen molar-refractivity contribution in [2.24, 2.45) is 0 Å². The first kappa shape index (κ1) is 20.8. The Hall–Kier alpha value is -2.48. The van der Waals surface area contributed by atoms with E-state index in [1.165, 1.54) is 0 Å². The second-order valence-electron chi connectivity index (χ2n) is 6.76. The van der Waals surface area contributed by atoms with Gasteiger partial charge in [-0.2, -0.15) is 0 Å². The van der Waals surface area contributed by atoms with Crippen LogP contribution in [0.5, 0.6) is 5.75 Å². The van der Waals surface area contributed by atoms with Crippen molar-refractivity contribution in [1.82, 2.24) is 10.2 Å². The largest absolute Gasteiger partial charge is 0.494 e. The molecule has 0 bridgehead atoms. The van der Waals surface area contributed by atoms with E-state index in [1.54, 1.807) is 26.8 Å². The Labute approximate surface area is 163 Å². The van der Waals surface area contributed by atoms with E-state index in [0.29, 0.717) is 11.5 Å². The average Bonchev–Trinajstić information content (AvgIpc) is 2.82. The molecule has 1 fully saturated rings. The molecule has 0 saturated carbocycles. The molecular weight excluding hydrogens is 368 g/mol. The van der Waals surface area contributed by atoms with Gasteiger partial charge in [0, 0.05) is 13.1 Å². The van der Waals surface area contributed by atoms with Crippen LogP contribution in [-0.2, 0) is 9.53 Å². The number of benzene rings is 1. The zero-order chi connectivity index (χ0) is 20.0. The van der Waals surface area contributed by atoms with Crippen LogP contribution < -0.4 is 10.1 Å². The summed E-state index contributed by atoms with van der Waals surface area (Å²) < 4.78 is 10.5. The topological polar surface area (TPSA) is 84.9 Å². The number of ether oxygens (including phenoxy) is 2. The zero-order valence-electron chi connectivity index (χ0n) is 15.9. The molecule has 7 nitrogen and oxygen atoms in total. The maximum absolute atomic E-state index is 12.4. The van der Waals surface area contributed by atoms with Crippen molar-refractivity contribution in [2.45, 2.75) is 33.3 Å². The van der Waals surface area contributed by atoms with Crippen LogP contribution in [0.3, 0.4) is 0 Å². The molecule has 1 heterocycles. The summed E-state index contributed by atoms with van der Waals surface area (Å²) in [5, 5.41) is 2.18. The van der Waals surface area contributed by atoms with Crippen molar-refractivity contribution in [3.05, 3.63) is 34.7 Å². The van der Waals surface area contributed by atoms with Gasteiger partial charge in [0.1, 0.15) is 11.4 Å². The SMILES string of the molecule is CCOc1ccc(/C=C2\SC(=O)N(CCNC(=O)OC(C)(C)C)C2=O)cc1. The second-order valence-corrected chi connectivity index (χ2v) is 7.76. The molecule has 0 radical (unpaired) electrons. The van der Waals surface area contributed by atoms with E-state index in [2.05, 4.69) is 5.32 Å². The molecule has 2 rings (SSSR count). The fourth-order valence-electron chi connectivity index (χ4n) is 2.26. The van der Waals surface area contributed by atoms with Gasteiger partial charge in [0.15, 0.2) is 0 Å². The van der Waals surface area contributed by atoms with Crippen LogP contribution in [0.15, 0.2) is 29.2 Å². The van der Waals surface area contributed by atoms with E-state index in [-0.39, 0.29) is 24.2 Å². The van der Waals surface area contributed by atoms with Crippen molar-refractivity contribution < 1.29 is 23.9 Å². The summed E-state index contributed by atoms with van der Waals surface area (Å²) in [6.45, 7) is 7.98. The summed E-state index contributed by atoms with van der Waals surface area (Å²) in [6, 6.07) is 7.26. The Kier molecular flexibility index (Phi) is 6.90. The molecule has 3 amide bonds. The van der Waals surface area contributed by atoms with Crippen LogP contribution in [-0.4, -0.2) is 47.4 Å². The Balaban J connectivity index is 1.93. The van der Waals surface area contributed by atoms with Crippen LogP contribution in [0.25, 0.3) is 6.08 Å². The number of hydrogen-bond acceptors (Lipinski definition) is 6. The van der Waals surface area contributed by atoms with Gasteiger partial charge in [0.05, 0.1) is 11.5 Å². The van der Waals surface area contributed by atoms with Crippen molar-refractivity contribution in [1.29, 1.82) is 0 Å². The molecular formula is C19H24N2O5S. The van der Waals surface area contributed by atoms with E-state index >= 15 is 0 Å². The van der Waals surface area contributed by atoms with Crippen molar-refractivity contribution >= 4 is 35.1 Å². The fraction of sp³-hybridized carbons (Fsp3) is 0.421. The number of nitrogens with one attached hydrogen (secondary N) is 1. The smallest absolute Gasteiger partial charge is 0.407 e. The first-order valence-electron chi connectivity index (χ1n) is 8.64. The van der Waals surface area contributed by atoms with E-state index in [4.69, 9.17) is 9.47 Å². The summed E-state index contributed by atoms with van der Waals surface area (Å²) in [7, 11) is 0. The Bertz CT molecular complexity index is 737. The van der Waals surface area contributed by atoms with Gasteiger partial charge in [-0.1, -0.05) is 12.1 Å². The van der Waals surface area contributed by atoms with Crippen molar-refractivity contribution in [3.63, 3.8) is 0 Å². The molecule has 0 aromatic heterocycles. The van der Waals surface area contributed by atoms with Crippen LogP contribution in [0.1, 0.15) is 33.3 Å². The van der Waals surface area contributed by atoms with Crippen molar-refractivity contribution in [2.75, 3.05) is 19.7 Å². The molecule has 1 aromatic carbocycles. The first-order chi connectivity index (χ1) is 12.7. The Morgan fingerprint density at radius 2 is 1.89 bits per heavy atom. The standard InChI is InChI=1S/C19H24N2O5S/c1-5-25-14-8-6-13(7-9-14)12-15-16(22)21(18(24)27-15)11-10-20-17(23)26-19(2,3)4/h6-9,12H,5,10-11H2,1-4H3,(H,20,23)/b15-12-. The Morgan fingerprint density at radius 1 is 1.22 bits per heavy atom. The molecule has 146 valence electrons. The van der Waals surface area contributed by atoms with Gasteiger partial charge >= 0.3 is 6.09 Å². The molecule has 1 N–H and O–H groups in total. The maximum atomic E-state index is 12.4. The summed E-state index contributed by atoms with van der Waals surface area (Å²) in [4.78, 5) is 37.6. The zero-order valence-corrected chi connectivity index (χ0v) is 16.7. The molecule has 1 aliphatic rings. The summed E-state index contributed by atoms with van der Waals surface area (Å²) in [5.41, 5.74) is 0.197.